The number of nitrogens with zero attached hydrogens (tertiary/aromatic N) is 1. The number of amides is 2. The second-order valence-electron chi connectivity index (χ2n) is 5.74. The summed E-state index contributed by atoms with van der Waals surface area (Å²) in [6, 6.07) is 5.93. The molecule has 1 aromatic rings. The number of benzene rings is 1. The van der Waals surface area contributed by atoms with Crippen molar-refractivity contribution in [1.29, 1.82) is 0 Å². The van der Waals surface area contributed by atoms with E-state index in [1.165, 1.54) is 12.1 Å². The van der Waals surface area contributed by atoms with Crippen LogP contribution in [0.4, 0.5) is 0 Å². The molecule has 132 valence electrons. The molecule has 1 fully saturated rings. The molecular weight excluding hydrogens is 352 g/mol. The Bertz CT molecular complexity index is 700. The van der Waals surface area contributed by atoms with E-state index in [2.05, 4.69) is 5.32 Å². The maximum absolute atomic E-state index is 12.2. The molecule has 1 aliphatic heterocycles. The molecule has 2 amide bonds. The predicted molar refractivity (Wildman–Crippen MR) is 91.6 cm³/mol. The van der Waals surface area contributed by atoms with Gasteiger partial charge >= 0.3 is 0 Å². The maximum atomic E-state index is 12.2. The Labute approximate surface area is 147 Å². The monoisotopic (exact) mass is 372 g/mol. The van der Waals surface area contributed by atoms with Crippen LogP contribution < -0.4 is 5.32 Å². The van der Waals surface area contributed by atoms with E-state index in [-0.39, 0.29) is 29.5 Å². The van der Waals surface area contributed by atoms with Gasteiger partial charge in [0, 0.05) is 24.5 Å². The van der Waals surface area contributed by atoms with Crippen molar-refractivity contribution in [3.63, 3.8) is 0 Å². The smallest absolute Gasteiger partial charge is 0.241 e. The second-order valence-corrected chi connectivity index (χ2v) is 8.29. The van der Waals surface area contributed by atoms with Gasteiger partial charge in [-0.1, -0.05) is 17.7 Å². The molecule has 8 heteroatoms. The standard InChI is InChI=1S/C16H21ClN2O4S/c17-13-5-4-6-14(11-13)24(22,23)10-7-15(20)18-12-16(21)19-8-2-1-3-9-19/h4-6,11H,1-3,7-10,12H2,(H,18,20). The molecule has 1 aliphatic rings. The number of rotatable bonds is 6. The lowest BCUT2D eigenvalue weighted by molar-refractivity contribution is -0.133. The molecule has 0 saturated carbocycles. The average molecular weight is 373 g/mol. The molecule has 2 rings (SSSR count). The Balaban J connectivity index is 1.79. The van der Waals surface area contributed by atoms with Crippen molar-refractivity contribution in [3.05, 3.63) is 29.3 Å². The molecule has 0 unspecified atom stereocenters. The van der Waals surface area contributed by atoms with Crippen molar-refractivity contribution in [2.75, 3.05) is 25.4 Å². The van der Waals surface area contributed by atoms with Crippen LogP contribution in [0.2, 0.25) is 5.02 Å². The highest BCUT2D eigenvalue weighted by Gasteiger charge is 2.19. The van der Waals surface area contributed by atoms with Crippen LogP contribution in [0.25, 0.3) is 0 Å². The van der Waals surface area contributed by atoms with Crippen molar-refractivity contribution < 1.29 is 18.0 Å². The van der Waals surface area contributed by atoms with E-state index < -0.39 is 15.7 Å². The quantitative estimate of drug-likeness (QED) is 0.822. The molecule has 1 aromatic carbocycles. The third-order valence-corrected chi connectivity index (χ3v) is 5.85. The highest BCUT2D eigenvalue weighted by molar-refractivity contribution is 7.91. The Morgan fingerprint density at radius 1 is 1.17 bits per heavy atom. The molecular formula is C16H21ClN2O4S. The van der Waals surface area contributed by atoms with Gasteiger partial charge in [-0.15, -0.1) is 0 Å². The normalized spacial score (nSPS) is 15.1. The summed E-state index contributed by atoms with van der Waals surface area (Å²) in [4.78, 5) is 25.6. The largest absolute Gasteiger partial charge is 0.347 e. The minimum atomic E-state index is -3.58. The van der Waals surface area contributed by atoms with Crippen molar-refractivity contribution in [2.24, 2.45) is 0 Å². The zero-order chi connectivity index (χ0) is 17.6. The minimum Gasteiger partial charge on any atom is -0.347 e. The van der Waals surface area contributed by atoms with Gasteiger partial charge in [0.05, 0.1) is 17.2 Å². The number of sulfone groups is 1. The van der Waals surface area contributed by atoms with Gasteiger partial charge in [0.25, 0.3) is 0 Å². The van der Waals surface area contributed by atoms with Crippen LogP contribution >= 0.6 is 11.6 Å². The summed E-state index contributed by atoms with van der Waals surface area (Å²) < 4.78 is 24.3. The summed E-state index contributed by atoms with van der Waals surface area (Å²) in [7, 11) is -3.58. The molecule has 1 heterocycles. The Hall–Kier alpha value is -1.60. The van der Waals surface area contributed by atoms with Crippen LogP contribution in [0.1, 0.15) is 25.7 Å². The molecule has 6 nitrogen and oxygen atoms in total. The van der Waals surface area contributed by atoms with Gasteiger partial charge in [-0.05, 0) is 37.5 Å². The molecule has 0 bridgehead atoms. The van der Waals surface area contributed by atoms with Crippen LogP contribution in [0.3, 0.4) is 0 Å². The SMILES string of the molecule is O=C(CCS(=O)(=O)c1cccc(Cl)c1)NCC(=O)N1CCCCC1. The lowest BCUT2D eigenvalue weighted by atomic mass is 10.1. The molecule has 1 saturated heterocycles. The van der Waals surface area contributed by atoms with Crippen molar-refractivity contribution in [2.45, 2.75) is 30.6 Å². The van der Waals surface area contributed by atoms with E-state index in [1.807, 2.05) is 0 Å². The Morgan fingerprint density at radius 3 is 2.54 bits per heavy atom. The first-order chi connectivity index (χ1) is 11.4. The van der Waals surface area contributed by atoms with Gasteiger partial charge in [0.2, 0.25) is 11.8 Å². The summed E-state index contributed by atoms with van der Waals surface area (Å²) in [6.07, 6.45) is 2.90. The third-order valence-electron chi connectivity index (χ3n) is 3.90. The highest BCUT2D eigenvalue weighted by atomic mass is 35.5. The number of carbonyl (C=O) groups is 2. The van der Waals surface area contributed by atoms with Crippen LogP contribution in [0.15, 0.2) is 29.2 Å². The molecule has 0 spiro atoms. The summed E-state index contributed by atoms with van der Waals surface area (Å²) in [5.41, 5.74) is 0. The Morgan fingerprint density at radius 2 is 1.88 bits per heavy atom. The zero-order valence-electron chi connectivity index (χ0n) is 13.3. The third kappa shape index (κ3) is 5.49. The molecule has 0 aromatic heterocycles. The second kappa shape index (κ2) is 8.48. The summed E-state index contributed by atoms with van der Waals surface area (Å²) in [5, 5.41) is 2.82. The molecule has 0 radical (unpaired) electrons. The number of hydrogen-bond acceptors (Lipinski definition) is 4. The first-order valence-corrected chi connectivity index (χ1v) is 9.94. The van der Waals surface area contributed by atoms with Gasteiger partial charge in [0.15, 0.2) is 9.84 Å². The van der Waals surface area contributed by atoms with Crippen LogP contribution in [0.5, 0.6) is 0 Å². The molecule has 0 aliphatic carbocycles. The van der Waals surface area contributed by atoms with E-state index in [9.17, 15) is 18.0 Å². The van der Waals surface area contributed by atoms with Crippen LogP contribution in [0, 0.1) is 0 Å². The average Bonchev–Trinajstić information content (AvgIpc) is 2.58. The Kier molecular flexibility index (Phi) is 6.62. The van der Waals surface area contributed by atoms with E-state index >= 15 is 0 Å². The van der Waals surface area contributed by atoms with E-state index in [1.54, 1.807) is 17.0 Å². The fourth-order valence-corrected chi connectivity index (χ4v) is 4.06. The number of halogens is 1. The lowest BCUT2D eigenvalue weighted by Gasteiger charge is -2.26. The van der Waals surface area contributed by atoms with Crippen molar-refractivity contribution in [3.8, 4) is 0 Å². The van der Waals surface area contributed by atoms with E-state index in [4.69, 9.17) is 11.6 Å². The molecule has 24 heavy (non-hydrogen) atoms. The topological polar surface area (TPSA) is 83.5 Å². The molecule has 1 N–H and O–H groups in total. The maximum Gasteiger partial charge on any atom is 0.241 e. The summed E-state index contributed by atoms with van der Waals surface area (Å²) in [5.74, 6) is -0.899. The number of likely N-dealkylation sites (tertiary alicyclic amines) is 1. The van der Waals surface area contributed by atoms with Gasteiger partial charge in [-0.25, -0.2) is 8.42 Å². The van der Waals surface area contributed by atoms with Crippen LogP contribution in [-0.2, 0) is 19.4 Å². The lowest BCUT2D eigenvalue weighted by Crippen LogP contribution is -2.42. The fraction of sp³-hybridized carbons (Fsp3) is 0.500. The van der Waals surface area contributed by atoms with E-state index in [0.717, 1.165) is 32.4 Å². The predicted octanol–water partition coefficient (Wildman–Crippen LogP) is 1.63. The van der Waals surface area contributed by atoms with Gasteiger partial charge in [0.1, 0.15) is 0 Å². The summed E-state index contributed by atoms with van der Waals surface area (Å²) in [6.45, 7) is 1.35. The van der Waals surface area contributed by atoms with Gasteiger partial charge < -0.3 is 10.2 Å². The molecule has 0 atom stereocenters. The van der Waals surface area contributed by atoms with Crippen molar-refractivity contribution in [1.82, 2.24) is 10.2 Å². The number of carbonyl (C=O) groups excluding carboxylic acids is 2. The van der Waals surface area contributed by atoms with E-state index in [0.29, 0.717) is 5.02 Å². The number of piperidine rings is 1. The highest BCUT2D eigenvalue weighted by Crippen LogP contribution is 2.17. The minimum absolute atomic E-state index is 0.0873. The van der Waals surface area contributed by atoms with Gasteiger partial charge in [-0.2, -0.15) is 0 Å². The fourth-order valence-electron chi connectivity index (χ4n) is 2.52. The first kappa shape index (κ1) is 18.7. The number of hydrogen-bond donors (Lipinski definition) is 1. The van der Waals surface area contributed by atoms with Crippen LogP contribution in [-0.4, -0.2) is 50.5 Å². The number of nitrogens with one attached hydrogen (secondary N) is 1. The van der Waals surface area contributed by atoms with Gasteiger partial charge in [-0.3, -0.25) is 9.59 Å². The zero-order valence-corrected chi connectivity index (χ0v) is 14.9. The van der Waals surface area contributed by atoms with Crippen molar-refractivity contribution >= 4 is 33.3 Å². The summed E-state index contributed by atoms with van der Waals surface area (Å²) >= 11 is 5.79. The first-order valence-electron chi connectivity index (χ1n) is 7.91.